The first-order valence-electron chi connectivity index (χ1n) is 27.9. The van der Waals surface area contributed by atoms with Gasteiger partial charge >= 0.3 is 11.9 Å². The lowest BCUT2D eigenvalue weighted by Gasteiger charge is -2.18. The summed E-state index contributed by atoms with van der Waals surface area (Å²) in [7, 11) is 0. The maximum absolute atomic E-state index is 12.8. The van der Waals surface area contributed by atoms with Gasteiger partial charge in [0, 0.05) is 19.4 Å². The standard InChI is InChI=1S/C57H108O5/c1-4-7-10-13-16-19-22-24-26-28-29-31-32-34-36-38-41-44-47-50-56(58)61-54-55(53-60-52-49-46-43-40-21-18-15-12-9-6-3)62-57(59)51-48-45-42-39-37-35-33-30-27-25-23-20-17-14-11-8-5-2/h17,20,25,27,55H,4-16,18-19,21-24,26,28-54H2,1-3H3/b20-17-,27-25-. The first-order valence-corrected chi connectivity index (χ1v) is 27.9. The third-order valence-corrected chi connectivity index (χ3v) is 12.5. The molecule has 366 valence electrons. The van der Waals surface area contributed by atoms with Crippen molar-refractivity contribution in [3.8, 4) is 0 Å². The molecule has 0 fully saturated rings. The minimum absolute atomic E-state index is 0.0899. The molecule has 0 radical (unpaired) electrons. The molecule has 1 unspecified atom stereocenters. The highest BCUT2D eigenvalue weighted by Crippen LogP contribution is 2.16. The van der Waals surface area contributed by atoms with E-state index in [4.69, 9.17) is 14.2 Å². The molecule has 0 saturated heterocycles. The fourth-order valence-corrected chi connectivity index (χ4v) is 8.31. The zero-order valence-corrected chi connectivity index (χ0v) is 42.2. The Bertz CT molecular complexity index is 943. The van der Waals surface area contributed by atoms with E-state index in [0.717, 1.165) is 44.9 Å². The van der Waals surface area contributed by atoms with E-state index in [1.54, 1.807) is 0 Å². The SMILES string of the molecule is CCCCC/C=C\C/C=C\CCCCCCCCCC(=O)OC(COCCCCCCCCCCCC)COC(=O)CCCCCCCCCCCCCCCCCCCCC. The highest BCUT2D eigenvalue weighted by molar-refractivity contribution is 5.70. The summed E-state index contributed by atoms with van der Waals surface area (Å²) < 4.78 is 17.4. The van der Waals surface area contributed by atoms with Gasteiger partial charge in [-0.05, 0) is 51.4 Å². The van der Waals surface area contributed by atoms with Crippen molar-refractivity contribution in [3.05, 3.63) is 24.3 Å². The minimum Gasteiger partial charge on any atom is -0.462 e. The normalized spacial score (nSPS) is 12.2. The van der Waals surface area contributed by atoms with Crippen LogP contribution in [-0.2, 0) is 23.8 Å². The lowest BCUT2D eigenvalue weighted by atomic mass is 10.0. The summed E-state index contributed by atoms with van der Waals surface area (Å²) in [4.78, 5) is 25.4. The number of esters is 2. The number of carbonyl (C=O) groups is 2. The van der Waals surface area contributed by atoms with Gasteiger partial charge in [0.05, 0.1) is 6.61 Å². The maximum atomic E-state index is 12.8. The molecule has 0 aliphatic carbocycles. The number of hydrogen-bond acceptors (Lipinski definition) is 5. The highest BCUT2D eigenvalue weighted by Gasteiger charge is 2.17. The van der Waals surface area contributed by atoms with Crippen molar-refractivity contribution in [1.29, 1.82) is 0 Å². The van der Waals surface area contributed by atoms with Crippen LogP contribution in [0.1, 0.15) is 303 Å². The first kappa shape index (κ1) is 60.4. The average molecular weight is 873 g/mol. The zero-order chi connectivity index (χ0) is 44.9. The summed E-state index contributed by atoms with van der Waals surface area (Å²) in [5.74, 6) is -0.385. The molecule has 0 aromatic heterocycles. The number of carbonyl (C=O) groups excluding carboxylic acids is 2. The van der Waals surface area contributed by atoms with Gasteiger partial charge in [-0.25, -0.2) is 0 Å². The Morgan fingerprint density at radius 1 is 0.355 bits per heavy atom. The van der Waals surface area contributed by atoms with Crippen LogP contribution in [0.5, 0.6) is 0 Å². The molecule has 0 bridgehead atoms. The fourth-order valence-electron chi connectivity index (χ4n) is 8.31. The van der Waals surface area contributed by atoms with Crippen molar-refractivity contribution in [2.24, 2.45) is 0 Å². The quantitative estimate of drug-likeness (QED) is 0.0346. The first-order chi connectivity index (χ1) is 30.6. The van der Waals surface area contributed by atoms with Gasteiger partial charge in [-0.15, -0.1) is 0 Å². The van der Waals surface area contributed by atoms with E-state index in [-0.39, 0.29) is 18.5 Å². The Morgan fingerprint density at radius 2 is 0.677 bits per heavy atom. The van der Waals surface area contributed by atoms with E-state index in [2.05, 4.69) is 45.1 Å². The molecule has 0 aromatic rings. The number of hydrogen-bond donors (Lipinski definition) is 0. The topological polar surface area (TPSA) is 61.8 Å². The molecule has 1 atom stereocenters. The molecule has 0 N–H and O–H groups in total. The van der Waals surface area contributed by atoms with E-state index < -0.39 is 6.10 Å². The van der Waals surface area contributed by atoms with Crippen LogP contribution < -0.4 is 0 Å². The van der Waals surface area contributed by atoms with Crippen LogP contribution in [-0.4, -0.2) is 37.9 Å². The molecule has 0 aromatic carbocycles. The molecular formula is C57H108O5. The van der Waals surface area contributed by atoms with Crippen LogP contribution in [0.25, 0.3) is 0 Å². The second-order valence-corrected chi connectivity index (χ2v) is 18.9. The monoisotopic (exact) mass is 873 g/mol. The van der Waals surface area contributed by atoms with Crippen LogP contribution >= 0.6 is 0 Å². The van der Waals surface area contributed by atoms with Crippen molar-refractivity contribution in [1.82, 2.24) is 0 Å². The second-order valence-electron chi connectivity index (χ2n) is 18.9. The molecule has 5 heteroatoms. The summed E-state index contributed by atoms with van der Waals surface area (Å²) >= 11 is 0. The smallest absolute Gasteiger partial charge is 0.306 e. The van der Waals surface area contributed by atoms with E-state index in [1.807, 2.05) is 0 Å². The Morgan fingerprint density at radius 3 is 1.10 bits per heavy atom. The Kier molecular flexibility index (Phi) is 52.3. The Labute approximate surface area is 387 Å². The molecular weight excluding hydrogens is 765 g/mol. The number of ether oxygens (including phenoxy) is 3. The molecule has 5 nitrogen and oxygen atoms in total. The van der Waals surface area contributed by atoms with Gasteiger partial charge in [0.15, 0.2) is 6.10 Å². The van der Waals surface area contributed by atoms with Gasteiger partial charge in [-0.3, -0.25) is 9.59 Å². The molecule has 0 aliphatic rings. The summed E-state index contributed by atoms with van der Waals surface area (Å²) in [6, 6.07) is 0. The summed E-state index contributed by atoms with van der Waals surface area (Å²) in [6.45, 7) is 7.85. The lowest BCUT2D eigenvalue weighted by molar-refractivity contribution is -0.163. The van der Waals surface area contributed by atoms with Gasteiger partial charge in [0.25, 0.3) is 0 Å². The largest absolute Gasteiger partial charge is 0.462 e. The van der Waals surface area contributed by atoms with Crippen LogP contribution in [0.15, 0.2) is 24.3 Å². The molecule has 0 heterocycles. The number of rotatable bonds is 52. The van der Waals surface area contributed by atoms with Gasteiger partial charge < -0.3 is 14.2 Å². The average Bonchev–Trinajstić information content (AvgIpc) is 3.27. The Hall–Kier alpha value is -1.62. The molecule has 0 spiro atoms. The lowest BCUT2D eigenvalue weighted by Crippen LogP contribution is -2.30. The summed E-state index contributed by atoms with van der Waals surface area (Å²) in [5, 5.41) is 0. The summed E-state index contributed by atoms with van der Waals surface area (Å²) in [6.07, 6.45) is 63.3. The third-order valence-electron chi connectivity index (χ3n) is 12.5. The van der Waals surface area contributed by atoms with Crippen molar-refractivity contribution in [2.75, 3.05) is 19.8 Å². The predicted octanol–water partition coefficient (Wildman–Crippen LogP) is 18.8. The van der Waals surface area contributed by atoms with Crippen molar-refractivity contribution >= 4 is 11.9 Å². The Balaban J connectivity index is 4.15. The predicted molar refractivity (Wildman–Crippen MR) is 270 cm³/mol. The van der Waals surface area contributed by atoms with Gasteiger partial charge in [0.2, 0.25) is 0 Å². The van der Waals surface area contributed by atoms with E-state index in [1.165, 1.54) is 225 Å². The summed E-state index contributed by atoms with van der Waals surface area (Å²) in [5.41, 5.74) is 0. The highest BCUT2D eigenvalue weighted by atomic mass is 16.6. The maximum Gasteiger partial charge on any atom is 0.306 e. The van der Waals surface area contributed by atoms with E-state index in [9.17, 15) is 9.59 Å². The molecule has 0 rings (SSSR count). The molecule has 0 amide bonds. The fraction of sp³-hybridized carbons (Fsp3) is 0.895. The van der Waals surface area contributed by atoms with Gasteiger partial charge in [0.1, 0.15) is 6.61 Å². The van der Waals surface area contributed by atoms with Crippen LogP contribution in [0.3, 0.4) is 0 Å². The van der Waals surface area contributed by atoms with E-state index >= 15 is 0 Å². The molecule has 62 heavy (non-hydrogen) atoms. The number of allylic oxidation sites excluding steroid dienone is 4. The van der Waals surface area contributed by atoms with E-state index in [0.29, 0.717) is 26.1 Å². The van der Waals surface area contributed by atoms with Gasteiger partial charge in [-0.2, -0.15) is 0 Å². The minimum atomic E-state index is -0.532. The van der Waals surface area contributed by atoms with Crippen molar-refractivity contribution in [3.63, 3.8) is 0 Å². The molecule has 0 aliphatic heterocycles. The van der Waals surface area contributed by atoms with Crippen LogP contribution in [0.4, 0.5) is 0 Å². The third kappa shape index (κ3) is 51.0. The van der Waals surface area contributed by atoms with Crippen LogP contribution in [0.2, 0.25) is 0 Å². The van der Waals surface area contributed by atoms with Crippen molar-refractivity contribution in [2.45, 2.75) is 309 Å². The number of unbranched alkanes of at least 4 members (excludes halogenated alkanes) is 37. The second kappa shape index (κ2) is 53.7. The van der Waals surface area contributed by atoms with Gasteiger partial charge in [-0.1, -0.05) is 263 Å². The van der Waals surface area contributed by atoms with Crippen molar-refractivity contribution < 1.29 is 23.8 Å². The van der Waals surface area contributed by atoms with Crippen LogP contribution in [0, 0.1) is 0 Å². The molecule has 0 saturated carbocycles. The zero-order valence-electron chi connectivity index (χ0n) is 42.2.